The van der Waals surface area contributed by atoms with E-state index in [9.17, 15) is 9.59 Å². The quantitative estimate of drug-likeness (QED) is 0.784. The van der Waals surface area contributed by atoms with Crippen LogP contribution in [-0.4, -0.2) is 30.1 Å². The third-order valence-corrected chi connectivity index (χ3v) is 2.78. The molecule has 0 aliphatic carbocycles. The lowest BCUT2D eigenvalue weighted by molar-refractivity contribution is -0.114. The molecule has 0 fully saturated rings. The maximum Gasteiger partial charge on any atom is 0.251 e. The van der Waals surface area contributed by atoms with Gasteiger partial charge < -0.3 is 15.7 Å². The van der Waals surface area contributed by atoms with Crippen LogP contribution < -0.4 is 10.6 Å². The molecule has 0 aliphatic rings. The van der Waals surface area contributed by atoms with Crippen molar-refractivity contribution in [2.45, 2.75) is 33.1 Å². The van der Waals surface area contributed by atoms with Crippen LogP contribution in [0.15, 0.2) is 18.2 Å². The van der Waals surface area contributed by atoms with Crippen LogP contribution in [0.1, 0.15) is 43.6 Å². The van der Waals surface area contributed by atoms with E-state index in [2.05, 4.69) is 10.6 Å². The SMILES string of the molecule is CC(=O)Nc1cc(C(=O)NCCO)cc(C(C)(C)C)c1. The first kappa shape index (κ1) is 16.2. The molecule has 1 rings (SSSR count). The lowest BCUT2D eigenvalue weighted by Gasteiger charge is -2.21. The smallest absolute Gasteiger partial charge is 0.251 e. The van der Waals surface area contributed by atoms with Gasteiger partial charge in [0.1, 0.15) is 0 Å². The molecule has 0 saturated carbocycles. The number of aliphatic hydroxyl groups is 1. The molecule has 20 heavy (non-hydrogen) atoms. The summed E-state index contributed by atoms with van der Waals surface area (Å²) in [5, 5.41) is 14.1. The zero-order valence-corrected chi connectivity index (χ0v) is 12.4. The summed E-state index contributed by atoms with van der Waals surface area (Å²) in [5.41, 5.74) is 1.88. The Labute approximate surface area is 119 Å². The lowest BCUT2D eigenvalue weighted by atomic mass is 9.85. The van der Waals surface area contributed by atoms with Crippen molar-refractivity contribution in [2.24, 2.45) is 0 Å². The average Bonchev–Trinajstić information content (AvgIpc) is 2.33. The predicted octanol–water partition coefficient (Wildman–Crippen LogP) is 1.66. The van der Waals surface area contributed by atoms with Gasteiger partial charge in [0.25, 0.3) is 5.91 Å². The number of rotatable bonds is 4. The minimum Gasteiger partial charge on any atom is -0.395 e. The van der Waals surface area contributed by atoms with E-state index < -0.39 is 0 Å². The van der Waals surface area contributed by atoms with Gasteiger partial charge in [-0.2, -0.15) is 0 Å². The highest BCUT2D eigenvalue weighted by atomic mass is 16.3. The molecule has 0 atom stereocenters. The number of hydrogen-bond acceptors (Lipinski definition) is 3. The van der Waals surface area contributed by atoms with Gasteiger partial charge in [-0.05, 0) is 29.2 Å². The summed E-state index contributed by atoms with van der Waals surface area (Å²) in [6.45, 7) is 7.63. The second kappa shape index (κ2) is 6.52. The summed E-state index contributed by atoms with van der Waals surface area (Å²) in [6, 6.07) is 5.30. The van der Waals surface area contributed by atoms with Crippen LogP contribution in [0.4, 0.5) is 5.69 Å². The molecule has 2 amide bonds. The van der Waals surface area contributed by atoms with Crippen molar-refractivity contribution in [1.29, 1.82) is 0 Å². The first-order chi connectivity index (χ1) is 9.24. The maximum atomic E-state index is 12.0. The first-order valence-electron chi connectivity index (χ1n) is 6.56. The molecule has 0 bridgehead atoms. The molecular weight excluding hydrogens is 256 g/mol. The van der Waals surface area contributed by atoms with E-state index in [1.54, 1.807) is 12.1 Å². The van der Waals surface area contributed by atoms with E-state index in [1.165, 1.54) is 6.92 Å². The molecule has 0 radical (unpaired) electrons. The van der Waals surface area contributed by atoms with Gasteiger partial charge >= 0.3 is 0 Å². The molecule has 1 aromatic rings. The van der Waals surface area contributed by atoms with Crippen LogP contribution in [-0.2, 0) is 10.2 Å². The third kappa shape index (κ3) is 4.66. The molecule has 0 saturated heterocycles. The zero-order valence-electron chi connectivity index (χ0n) is 12.4. The van der Waals surface area contributed by atoms with Crippen molar-refractivity contribution < 1.29 is 14.7 Å². The van der Waals surface area contributed by atoms with Crippen LogP contribution >= 0.6 is 0 Å². The van der Waals surface area contributed by atoms with Crippen LogP contribution in [0, 0.1) is 0 Å². The Morgan fingerprint density at radius 1 is 1.20 bits per heavy atom. The van der Waals surface area contributed by atoms with Crippen LogP contribution in [0.2, 0.25) is 0 Å². The Kier molecular flexibility index (Phi) is 5.27. The lowest BCUT2D eigenvalue weighted by Crippen LogP contribution is -2.27. The second-order valence-corrected chi connectivity index (χ2v) is 5.71. The molecule has 0 heterocycles. The summed E-state index contributed by atoms with van der Waals surface area (Å²) >= 11 is 0. The highest BCUT2D eigenvalue weighted by molar-refractivity contribution is 5.97. The van der Waals surface area contributed by atoms with Crippen molar-refractivity contribution in [3.8, 4) is 0 Å². The fourth-order valence-corrected chi connectivity index (χ4v) is 1.74. The number of carbonyl (C=O) groups excluding carboxylic acids is 2. The third-order valence-electron chi connectivity index (χ3n) is 2.78. The number of benzene rings is 1. The maximum absolute atomic E-state index is 12.0. The van der Waals surface area contributed by atoms with Crippen LogP contribution in [0.3, 0.4) is 0 Å². The monoisotopic (exact) mass is 278 g/mol. The summed E-state index contributed by atoms with van der Waals surface area (Å²) < 4.78 is 0. The topological polar surface area (TPSA) is 78.4 Å². The van der Waals surface area contributed by atoms with E-state index in [0.717, 1.165) is 5.56 Å². The number of hydrogen-bond donors (Lipinski definition) is 3. The molecule has 5 nitrogen and oxygen atoms in total. The fraction of sp³-hybridized carbons (Fsp3) is 0.467. The molecule has 5 heteroatoms. The predicted molar refractivity (Wildman–Crippen MR) is 78.9 cm³/mol. The minimum absolute atomic E-state index is 0.108. The zero-order chi connectivity index (χ0) is 15.3. The molecule has 0 unspecified atom stereocenters. The van der Waals surface area contributed by atoms with Crippen molar-refractivity contribution in [1.82, 2.24) is 5.32 Å². The van der Waals surface area contributed by atoms with Gasteiger partial charge in [0.2, 0.25) is 5.91 Å². The van der Waals surface area contributed by atoms with E-state index in [-0.39, 0.29) is 30.4 Å². The fourth-order valence-electron chi connectivity index (χ4n) is 1.74. The van der Waals surface area contributed by atoms with Crippen molar-refractivity contribution in [2.75, 3.05) is 18.5 Å². The Hall–Kier alpha value is -1.88. The van der Waals surface area contributed by atoms with Gasteiger partial charge in [-0.15, -0.1) is 0 Å². The van der Waals surface area contributed by atoms with Gasteiger partial charge in [0.15, 0.2) is 0 Å². The molecule has 0 aliphatic heterocycles. The van der Waals surface area contributed by atoms with Crippen molar-refractivity contribution >= 4 is 17.5 Å². The average molecular weight is 278 g/mol. The largest absolute Gasteiger partial charge is 0.395 e. The number of nitrogens with one attached hydrogen (secondary N) is 2. The summed E-state index contributed by atoms with van der Waals surface area (Å²) in [4.78, 5) is 23.2. The highest BCUT2D eigenvalue weighted by Crippen LogP contribution is 2.26. The van der Waals surface area contributed by atoms with E-state index in [4.69, 9.17) is 5.11 Å². The second-order valence-electron chi connectivity index (χ2n) is 5.71. The van der Waals surface area contributed by atoms with Crippen molar-refractivity contribution in [3.05, 3.63) is 29.3 Å². The molecule has 1 aromatic carbocycles. The normalized spacial score (nSPS) is 11.1. The van der Waals surface area contributed by atoms with Gasteiger partial charge in [-0.25, -0.2) is 0 Å². The van der Waals surface area contributed by atoms with Gasteiger partial charge in [0, 0.05) is 24.7 Å². The number of aliphatic hydroxyl groups excluding tert-OH is 1. The van der Waals surface area contributed by atoms with Crippen LogP contribution in [0.25, 0.3) is 0 Å². The molecule has 0 aromatic heterocycles. The van der Waals surface area contributed by atoms with E-state index in [0.29, 0.717) is 11.3 Å². The summed E-state index contributed by atoms with van der Waals surface area (Å²) in [7, 11) is 0. The van der Waals surface area contributed by atoms with E-state index in [1.807, 2.05) is 26.8 Å². The Bertz CT molecular complexity index is 504. The van der Waals surface area contributed by atoms with Gasteiger partial charge in [-0.3, -0.25) is 9.59 Å². The minimum atomic E-state index is -0.267. The van der Waals surface area contributed by atoms with Gasteiger partial charge in [-0.1, -0.05) is 20.8 Å². The summed E-state index contributed by atoms with van der Waals surface area (Å²) in [5.74, 6) is -0.450. The number of anilines is 1. The molecular formula is C15H22N2O3. The van der Waals surface area contributed by atoms with Crippen molar-refractivity contribution in [3.63, 3.8) is 0 Å². The standard InChI is InChI=1S/C15H22N2O3/c1-10(19)17-13-8-11(14(20)16-5-6-18)7-12(9-13)15(2,3)4/h7-9,18H,5-6H2,1-4H3,(H,16,20)(H,17,19). The Balaban J connectivity index is 3.16. The number of amides is 2. The molecule has 110 valence electrons. The first-order valence-corrected chi connectivity index (χ1v) is 6.56. The molecule has 3 N–H and O–H groups in total. The van der Waals surface area contributed by atoms with Crippen LogP contribution in [0.5, 0.6) is 0 Å². The Morgan fingerprint density at radius 2 is 1.85 bits per heavy atom. The highest BCUT2D eigenvalue weighted by Gasteiger charge is 2.17. The van der Waals surface area contributed by atoms with E-state index >= 15 is 0 Å². The van der Waals surface area contributed by atoms with Gasteiger partial charge in [0.05, 0.1) is 6.61 Å². The number of carbonyl (C=O) groups is 2. The Morgan fingerprint density at radius 3 is 2.35 bits per heavy atom. The molecule has 0 spiro atoms. The summed E-state index contributed by atoms with van der Waals surface area (Å²) in [6.07, 6.45) is 0.